The molecule has 3 aromatic carbocycles. The van der Waals surface area contributed by atoms with Crippen LogP contribution < -0.4 is 10.0 Å². The zero-order chi connectivity index (χ0) is 20.3. The van der Waals surface area contributed by atoms with Gasteiger partial charge >= 0.3 is 0 Å². The largest absolute Gasteiger partial charge is 0.322 e. The van der Waals surface area contributed by atoms with Crippen molar-refractivity contribution in [3.05, 3.63) is 88.4 Å². The van der Waals surface area contributed by atoms with Gasteiger partial charge in [0.1, 0.15) is 0 Å². The highest BCUT2D eigenvalue weighted by atomic mass is 35.5. The first kappa shape index (κ1) is 19.9. The molecule has 1 amide bonds. The predicted octanol–water partition coefficient (Wildman–Crippen LogP) is 5.01. The van der Waals surface area contributed by atoms with Crippen LogP contribution >= 0.6 is 11.6 Å². The smallest absolute Gasteiger partial charge is 0.261 e. The molecule has 0 atom stereocenters. The molecule has 144 valence electrons. The number of rotatable bonds is 5. The highest BCUT2D eigenvalue weighted by Gasteiger charge is 2.17. The Morgan fingerprint density at radius 3 is 2.36 bits per heavy atom. The van der Waals surface area contributed by atoms with Gasteiger partial charge in [-0.15, -0.1) is 0 Å². The van der Waals surface area contributed by atoms with E-state index in [-0.39, 0.29) is 16.4 Å². The second kappa shape index (κ2) is 8.04. The van der Waals surface area contributed by atoms with E-state index >= 15 is 0 Å². The normalized spacial score (nSPS) is 11.1. The van der Waals surface area contributed by atoms with Crippen LogP contribution in [0.25, 0.3) is 0 Å². The number of sulfonamides is 1. The van der Waals surface area contributed by atoms with Crippen LogP contribution in [0.2, 0.25) is 5.02 Å². The molecule has 3 rings (SSSR count). The Hall–Kier alpha value is -2.83. The molecule has 0 aliphatic rings. The van der Waals surface area contributed by atoms with Gasteiger partial charge in [-0.2, -0.15) is 0 Å². The van der Waals surface area contributed by atoms with Crippen LogP contribution in [0.4, 0.5) is 11.4 Å². The van der Waals surface area contributed by atoms with Gasteiger partial charge in [-0.1, -0.05) is 29.8 Å². The Morgan fingerprint density at radius 1 is 0.929 bits per heavy atom. The molecule has 0 fully saturated rings. The number of anilines is 2. The fraction of sp³-hybridized carbons (Fsp3) is 0.0952. The summed E-state index contributed by atoms with van der Waals surface area (Å²) in [6, 6.07) is 18.0. The van der Waals surface area contributed by atoms with E-state index in [1.165, 1.54) is 18.2 Å². The van der Waals surface area contributed by atoms with Crippen LogP contribution in [0.1, 0.15) is 21.5 Å². The van der Waals surface area contributed by atoms with Crippen LogP contribution in [-0.4, -0.2) is 14.3 Å². The second-order valence-corrected chi connectivity index (χ2v) is 8.53. The Kier molecular flexibility index (Phi) is 5.72. The van der Waals surface area contributed by atoms with Crippen molar-refractivity contribution >= 4 is 38.9 Å². The Morgan fingerprint density at radius 2 is 1.64 bits per heavy atom. The highest BCUT2D eigenvalue weighted by Crippen LogP contribution is 2.21. The quantitative estimate of drug-likeness (QED) is 0.616. The first-order chi connectivity index (χ1) is 13.2. The minimum Gasteiger partial charge on any atom is -0.322 e. The Labute approximate surface area is 169 Å². The molecule has 0 spiro atoms. The van der Waals surface area contributed by atoms with Gasteiger partial charge in [-0.3, -0.25) is 9.52 Å². The van der Waals surface area contributed by atoms with Crippen molar-refractivity contribution in [1.29, 1.82) is 0 Å². The second-order valence-electron chi connectivity index (χ2n) is 6.41. The molecule has 0 radical (unpaired) electrons. The van der Waals surface area contributed by atoms with Crippen molar-refractivity contribution in [2.45, 2.75) is 18.7 Å². The van der Waals surface area contributed by atoms with E-state index in [1.54, 1.807) is 30.3 Å². The molecule has 7 heteroatoms. The first-order valence-corrected chi connectivity index (χ1v) is 10.4. The predicted molar refractivity (Wildman–Crippen MR) is 113 cm³/mol. The van der Waals surface area contributed by atoms with Gasteiger partial charge in [0.15, 0.2) is 0 Å². The van der Waals surface area contributed by atoms with Crippen molar-refractivity contribution < 1.29 is 13.2 Å². The molecule has 0 unspecified atom stereocenters. The van der Waals surface area contributed by atoms with Crippen LogP contribution in [0.5, 0.6) is 0 Å². The van der Waals surface area contributed by atoms with E-state index in [2.05, 4.69) is 10.0 Å². The number of amides is 1. The summed E-state index contributed by atoms with van der Waals surface area (Å²) >= 11 is 5.82. The number of hydrogen-bond acceptors (Lipinski definition) is 3. The zero-order valence-electron chi connectivity index (χ0n) is 15.4. The summed E-state index contributed by atoms with van der Waals surface area (Å²) in [4.78, 5) is 12.6. The summed E-state index contributed by atoms with van der Waals surface area (Å²) in [5.74, 6) is -0.378. The average molecular weight is 415 g/mol. The number of halogens is 1. The Balaban J connectivity index is 1.83. The number of hydrogen-bond donors (Lipinski definition) is 2. The van der Waals surface area contributed by atoms with Crippen molar-refractivity contribution in [3.63, 3.8) is 0 Å². The highest BCUT2D eigenvalue weighted by molar-refractivity contribution is 7.92. The summed E-state index contributed by atoms with van der Waals surface area (Å²) in [5.41, 5.74) is 3.27. The molecular weight excluding hydrogens is 396 g/mol. The third kappa shape index (κ3) is 4.71. The van der Waals surface area contributed by atoms with Gasteiger partial charge in [-0.25, -0.2) is 8.42 Å². The first-order valence-electron chi connectivity index (χ1n) is 8.52. The molecule has 0 saturated carbocycles. The lowest BCUT2D eigenvalue weighted by molar-refractivity contribution is 0.102. The van der Waals surface area contributed by atoms with Crippen LogP contribution in [-0.2, 0) is 10.0 Å². The summed E-state index contributed by atoms with van der Waals surface area (Å²) in [5, 5.41) is 3.34. The standard InChI is InChI=1S/C21H19ClN2O3S/c1-14-6-7-15(2)20(12-14)23-21(25)16-4-3-5-19(13-16)28(26,27)24-18-10-8-17(22)9-11-18/h3-13,24H,1-2H3,(H,23,25). The maximum Gasteiger partial charge on any atom is 0.261 e. The lowest BCUT2D eigenvalue weighted by atomic mass is 10.1. The molecule has 0 heterocycles. The number of nitrogens with one attached hydrogen (secondary N) is 2. The number of benzene rings is 3. The minimum atomic E-state index is -3.84. The number of carbonyl (C=O) groups is 1. The van der Waals surface area contributed by atoms with Gasteiger partial charge < -0.3 is 5.32 Å². The topological polar surface area (TPSA) is 75.3 Å². The van der Waals surface area contributed by atoms with Crippen molar-refractivity contribution in [3.8, 4) is 0 Å². The van der Waals surface area contributed by atoms with Crippen molar-refractivity contribution in [2.75, 3.05) is 10.0 Å². The molecule has 2 N–H and O–H groups in total. The summed E-state index contributed by atoms with van der Waals surface area (Å²) in [6.45, 7) is 3.83. The van der Waals surface area contributed by atoms with Crippen molar-refractivity contribution in [1.82, 2.24) is 0 Å². The molecular formula is C21H19ClN2O3S. The maximum atomic E-state index is 12.6. The fourth-order valence-electron chi connectivity index (χ4n) is 2.60. The van der Waals surface area contributed by atoms with E-state index in [9.17, 15) is 13.2 Å². The van der Waals surface area contributed by atoms with E-state index < -0.39 is 10.0 Å². The molecule has 0 aromatic heterocycles. The minimum absolute atomic E-state index is 0.00364. The van der Waals surface area contributed by atoms with Gasteiger partial charge in [-0.05, 0) is 73.5 Å². The molecule has 5 nitrogen and oxygen atoms in total. The molecule has 0 aliphatic heterocycles. The third-order valence-electron chi connectivity index (χ3n) is 4.14. The van der Waals surface area contributed by atoms with Gasteiger partial charge in [0.05, 0.1) is 4.90 Å². The maximum absolute atomic E-state index is 12.6. The third-order valence-corrected chi connectivity index (χ3v) is 5.78. The summed E-state index contributed by atoms with van der Waals surface area (Å²) < 4.78 is 27.8. The summed E-state index contributed by atoms with van der Waals surface area (Å²) in [7, 11) is -3.84. The van der Waals surface area contributed by atoms with Gasteiger partial charge in [0.25, 0.3) is 15.9 Å². The van der Waals surface area contributed by atoms with E-state index in [0.29, 0.717) is 16.4 Å². The van der Waals surface area contributed by atoms with Crippen molar-refractivity contribution in [2.24, 2.45) is 0 Å². The molecule has 0 bridgehead atoms. The lowest BCUT2D eigenvalue weighted by Gasteiger charge is -2.11. The Bertz CT molecular complexity index is 1130. The average Bonchev–Trinajstić information content (AvgIpc) is 2.66. The van der Waals surface area contributed by atoms with Crippen LogP contribution in [0.3, 0.4) is 0 Å². The van der Waals surface area contributed by atoms with Crippen LogP contribution in [0, 0.1) is 13.8 Å². The number of carbonyl (C=O) groups excluding carboxylic acids is 1. The molecule has 0 saturated heterocycles. The lowest BCUT2D eigenvalue weighted by Crippen LogP contribution is -2.16. The fourth-order valence-corrected chi connectivity index (χ4v) is 3.83. The molecule has 0 aliphatic carbocycles. The molecule has 3 aromatic rings. The van der Waals surface area contributed by atoms with E-state index in [4.69, 9.17) is 11.6 Å². The van der Waals surface area contributed by atoms with Gasteiger partial charge in [0.2, 0.25) is 0 Å². The monoisotopic (exact) mass is 414 g/mol. The number of aryl methyl sites for hydroxylation is 2. The van der Waals surface area contributed by atoms with E-state index in [0.717, 1.165) is 11.1 Å². The van der Waals surface area contributed by atoms with Gasteiger partial charge in [0, 0.05) is 22.0 Å². The zero-order valence-corrected chi connectivity index (χ0v) is 16.9. The summed E-state index contributed by atoms with van der Waals surface area (Å²) in [6.07, 6.45) is 0. The SMILES string of the molecule is Cc1ccc(C)c(NC(=O)c2cccc(S(=O)(=O)Nc3ccc(Cl)cc3)c2)c1. The van der Waals surface area contributed by atoms with Crippen LogP contribution in [0.15, 0.2) is 71.6 Å². The van der Waals surface area contributed by atoms with E-state index in [1.807, 2.05) is 32.0 Å². The molecule has 28 heavy (non-hydrogen) atoms.